The fourth-order valence-electron chi connectivity index (χ4n) is 4.20. The summed E-state index contributed by atoms with van der Waals surface area (Å²) in [6.07, 6.45) is 9.93. The van der Waals surface area contributed by atoms with Gasteiger partial charge in [-0.15, -0.1) is 0 Å². The van der Waals surface area contributed by atoms with E-state index in [1.807, 2.05) is 23.2 Å². The monoisotopic (exact) mass is 343 g/mol. The third-order valence-corrected chi connectivity index (χ3v) is 5.60. The van der Waals surface area contributed by atoms with Gasteiger partial charge in [0.1, 0.15) is 0 Å². The van der Waals surface area contributed by atoms with Gasteiger partial charge in [0.15, 0.2) is 0 Å². The highest BCUT2D eigenvalue weighted by molar-refractivity contribution is 5.78. The number of amides is 2. The third kappa shape index (κ3) is 4.39. The Morgan fingerprint density at radius 3 is 2.96 bits per heavy atom. The quantitative estimate of drug-likeness (QED) is 0.826. The van der Waals surface area contributed by atoms with E-state index in [-0.39, 0.29) is 17.2 Å². The van der Waals surface area contributed by atoms with Crippen LogP contribution in [0.4, 0.5) is 0 Å². The number of piperidine rings is 2. The van der Waals surface area contributed by atoms with Crippen LogP contribution in [0.2, 0.25) is 0 Å². The largest absolute Gasteiger partial charge is 0.342 e. The van der Waals surface area contributed by atoms with Crippen LogP contribution in [-0.4, -0.2) is 46.2 Å². The number of carbonyl (C=O) groups is 2. The predicted octanol–water partition coefficient (Wildman–Crippen LogP) is 3.00. The average molecular weight is 343 g/mol. The smallest absolute Gasteiger partial charge is 0.222 e. The van der Waals surface area contributed by atoms with E-state index in [9.17, 15) is 9.59 Å². The average Bonchev–Trinajstić information content (AvgIpc) is 2.64. The molecule has 1 aromatic rings. The van der Waals surface area contributed by atoms with Gasteiger partial charge in [0.25, 0.3) is 0 Å². The molecular formula is C20H29N3O2. The minimum atomic E-state index is 0.0796. The number of pyridine rings is 1. The van der Waals surface area contributed by atoms with Crippen LogP contribution in [0.15, 0.2) is 24.5 Å². The summed E-state index contributed by atoms with van der Waals surface area (Å²) in [7, 11) is 0. The first-order valence-corrected chi connectivity index (χ1v) is 9.56. The van der Waals surface area contributed by atoms with Crippen molar-refractivity contribution in [3.05, 3.63) is 30.1 Å². The van der Waals surface area contributed by atoms with Crippen LogP contribution in [-0.2, 0) is 16.1 Å². The Hall–Kier alpha value is -1.91. The molecule has 1 spiro atoms. The number of aromatic nitrogens is 1. The Labute approximate surface area is 150 Å². The van der Waals surface area contributed by atoms with Crippen LogP contribution in [0, 0.1) is 5.41 Å². The maximum absolute atomic E-state index is 12.5. The van der Waals surface area contributed by atoms with Crippen LogP contribution >= 0.6 is 0 Å². The second-order valence-electron chi connectivity index (χ2n) is 7.63. The highest BCUT2D eigenvalue weighted by Crippen LogP contribution is 2.39. The van der Waals surface area contributed by atoms with Crippen molar-refractivity contribution < 1.29 is 9.59 Å². The minimum Gasteiger partial charge on any atom is -0.342 e. The molecule has 25 heavy (non-hydrogen) atoms. The molecule has 0 bridgehead atoms. The van der Waals surface area contributed by atoms with Gasteiger partial charge in [-0.05, 0) is 37.3 Å². The van der Waals surface area contributed by atoms with Gasteiger partial charge in [0.05, 0.1) is 0 Å². The highest BCUT2D eigenvalue weighted by Gasteiger charge is 2.42. The molecule has 5 heteroatoms. The van der Waals surface area contributed by atoms with Gasteiger partial charge in [0.2, 0.25) is 11.8 Å². The van der Waals surface area contributed by atoms with Crippen LogP contribution in [0.25, 0.3) is 0 Å². The molecule has 5 nitrogen and oxygen atoms in total. The maximum atomic E-state index is 12.5. The molecule has 2 amide bonds. The Bertz CT molecular complexity index is 604. The van der Waals surface area contributed by atoms with E-state index in [1.54, 1.807) is 6.20 Å². The maximum Gasteiger partial charge on any atom is 0.222 e. The summed E-state index contributed by atoms with van der Waals surface area (Å²) < 4.78 is 0. The van der Waals surface area contributed by atoms with Crippen molar-refractivity contribution >= 4 is 11.8 Å². The van der Waals surface area contributed by atoms with Crippen LogP contribution < -0.4 is 0 Å². The number of hydrogen-bond donors (Lipinski definition) is 0. The summed E-state index contributed by atoms with van der Waals surface area (Å²) in [6, 6.07) is 3.93. The van der Waals surface area contributed by atoms with Gasteiger partial charge in [-0.3, -0.25) is 14.6 Å². The van der Waals surface area contributed by atoms with Crippen molar-refractivity contribution in [1.82, 2.24) is 14.8 Å². The fraction of sp³-hybridized carbons (Fsp3) is 0.650. The van der Waals surface area contributed by atoms with Gasteiger partial charge in [-0.2, -0.15) is 0 Å². The predicted molar refractivity (Wildman–Crippen MR) is 96.7 cm³/mol. The number of unbranched alkanes of at least 4 members (excludes halogenated alkanes) is 1. The summed E-state index contributed by atoms with van der Waals surface area (Å²) >= 11 is 0. The van der Waals surface area contributed by atoms with Gasteiger partial charge >= 0.3 is 0 Å². The third-order valence-electron chi connectivity index (χ3n) is 5.60. The number of nitrogens with zero attached hydrogens (tertiary/aromatic N) is 3. The minimum absolute atomic E-state index is 0.0796. The molecule has 1 aromatic heterocycles. The molecule has 0 aromatic carbocycles. The van der Waals surface area contributed by atoms with Crippen LogP contribution in [0.5, 0.6) is 0 Å². The zero-order valence-electron chi connectivity index (χ0n) is 15.2. The Balaban J connectivity index is 1.66. The van der Waals surface area contributed by atoms with Gasteiger partial charge < -0.3 is 9.80 Å². The first-order chi connectivity index (χ1) is 12.1. The lowest BCUT2D eigenvalue weighted by Gasteiger charge is -2.48. The summed E-state index contributed by atoms with van der Waals surface area (Å²) in [5.74, 6) is 0.514. The van der Waals surface area contributed by atoms with Crippen molar-refractivity contribution in [2.75, 3.05) is 19.6 Å². The number of likely N-dealkylation sites (tertiary alicyclic amines) is 2. The second-order valence-corrected chi connectivity index (χ2v) is 7.63. The Morgan fingerprint density at radius 1 is 1.32 bits per heavy atom. The molecule has 3 rings (SSSR count). The molecule has 1 atom stereocenters. The summed E-state index contributed by atoms with van der Waals surface area (Å²) in [6.45, 7) is 5.19. The van der Waals surface area contributed by atoms with E-state index in [0.29, 0.717) is 19.4 Å². The van der Waals surface area contributed by atoms with Gasteiger partial charge in [-0.1, -0.05) is 19.4 Å². The molecule has 136 valence electrons. The fourth-order valence-corrected chi connectivity index (χ4v) is 4.20. The lowest BCUT2D eigenvalue weighted by molar-refractivity contribution is -0.143. The molecule has 0 saturated carbocycles. The van der Waals surface area contributed by atoms with E-state index in [0.717, 1.165) is 57.3 Å². The molecule has 0 radical (unpaired) electrons. The number of hydrogen-bond acceptors (Lipinski definition) is 3. The van der Waals surface area contributed by atoms with Crippen molar-refractivity contribution in [3.8, 4) is 0 Å². The second kappa shape index (κ2) is 7.98. The standard InChI is InChI=1S/C20H29N3O2/c1-2-3-7-18(24)22-12-5-9-20(15-22)10-8-19(25)23(16-20)14-17-6-4-11-21-13-17/h4,6,11,13H,2-3,5,7-10,12,14-16H2,1H3/t20-/m0/s1. The van der Waals surface area contributed by atoms with Gasteiger partial charge in [0, 0.05) is 56.8 Å². The van der Waals surface area contributed by atoms with Crippen LogP contribution in [0.3, 0.4) is 0 Å². The number of rotatable bonds is 5. The lowest BCUT2D eigenvalue weighted by atomic mass is 9.73. The van der Waals surface area contributed by atoms with Crippen molar-refractivity contribution in [3.63, 3.8) is 0 Å². The molecule has 2 aliphatic heterocycles. The molecule has 2 fully saturated rings. The molecule has 2 saturated heterocycles. The van der Waals surface area contributed by atoms with E-state index < -0.39 is 0 Å². The summed E-state index contributed by atoms with van der Waals surface area (Å²) in [5, 5.41) is 0. The molecule has 0 unspecified atom stereocenters. The van der Waals surface area contributed by atoms with E-state index >= 15 is 0 Å². The zero-order valence-corrected chi connectivity index (χ0v) is 15.2. The molecule has 0 aliphatic carbocycles. The van der Waals surface area contributed by atoms with Gasteiger partial charge in [-0.25, -0.2) is 0 Å². The lowest BCUT2D eigenvalue weighted by Crippen LogP contribution is -2.54. The first kappa shape index (κ1) is 17.9. The molecule has 3 heterocycles. The summed E-state index contributed by atoms with van der Waals surface area (Å²) in [5.41, 5.74) is 1.15. The van der Waals surface area contributed by atoms with Crippen molar-refractivity contribution in [2.45, 2.75) is 58.4 Å². The molecule has 0 N–H and O–H groups in total. The highest BCUT2D eigenvalue weighted by atomic mass is 16.2. The first-order valence-electron chi connectivity index (χ1n) is 9.56. The van der Waals surface area contributed by atoms with E-state index in [4.69, 9.17) is 0 Å². The van der Waals surface area contributed by atoms with E-state index in [2.05, 4.69) is 16.8 Å². The Kier molecular flexibility index (Phi) is 5.71. The molecule has 2 aliphatic rings. The van der Waals surface area contributed by atoms with Crippen LogP contribution in [0.1, 0.15) is 57.4 Å². The van der Waals surface area contributed by atoms with Crippen molar-refractivity contribution in [1.29, 1.82) is 0 Å². The Morgan fingerprint density at radius 2 is 2.20 bits per heavy atom. The van der Waals surface area contributed by atoms with Crippen molar-refractivity contribution in [2.24, 2.45) is 5.41 Å². The SMILES string of the molecule is CCCCC(=O)N1CCC[C@]2(CCC(=O)N(Cc3cccnc3)C2)C1. The number of carbonyl (C=O) groups excluding carboxylic acids is 2. The summed E-state index contributed by atoms with van der Waals surface area (Å²) in [4.78, 5) is 33.0. The van der Waals surface area contributed by atoms with E-state index in [1.165, 1.54) is 0 Å². The molecular weight excluding hydrogens is 314 g/mol. The normalized spacial score (nSPS) is 24.0. The zero-order chi connectivity index (χ0) is 17.7. The topological polar surface area (TPSA) is 53.5 Å².